The summed E-state index contributed by atoms with van der Waals surface area (Å²) in [5, 5.41) is 12.4. The van der Waals surface area contributed by atoms with Crippen molar-refractivity contribution < 1.29 is 5.11 Å². The smallest absolute Gasteiger partial charge is 0.225 e. The molecule has 3 rings (SSSR count). The van der Waals surface area contributed by atoms with E-state index >= 15 is 0 Å². The summed E-state index contributed by atoms with van der Waals surface area (Å²) >= 11 is 0. The Kier molecular flexibility index (Phi) is 4.48. The minimum absolute atomic E-state index is 0.0557. The Morgan fingerprint density at radius 2 is 2.04 bits per heavy atom. The lowest BCUT2D eigenvalue weighted by Gasteiger charge is -2.36. The number of aliphatic hydroxyl groups is 1. The fourth-order valence-corrected chi connectivity index (χ4v) is 3.02. The summed E-state index contributed by atoms with van der Waals surface area (Å²) < 4.78 is 0. The van der Waals surface area contributed by atoms with Crippen LogP contribution in [0.5, 0.6) is 0 Å². The summed E-state index contributed by atoms with van der Waals surface area (Å²) in [5.41, 5.74) is 3.71. The van der Waals surface area contributed by atoms with Gasteiger partial charge in [0.2, 0.25) is 5.95 Å². The van der Waals surface area contributed by atoms with Gasteiger partial charge < -0.3 is 15.3 Å². The third-order valence-corrected chi connectivity index (χ3v) is 4.29. The third-order valence-electron chi connectivity index (χ3n) is 4.29. The van der Waals surface area contributed by atoms with Gasteiger partial charge in [-0.2, -0.15) is 4.98 Å². The Labute approximate surface area is 137 Å². The molecule has 23 heavy (non-hydrogen) atoms. The van der Waals surface area contributed by atoms with Crippen molar-refractivity contribution in [2.24, 2.45) is 0 Å². The molecular weight excluding hydrogens is 288 g/mol. The summed E-state index contributed by atoms with van der Waals surface area (Å²) in [7, 11) is 0. The van der Waals surface area contributed by atoms with Gasteiger partial charge in [-0.15, -0.1) is 0 Å². The molecule has 122 valence electrons. The first-order valence-corrected chi connectivity index (χ1v) is 8.13. The van der Waals surface area contributed by atoms with Crippen LogP contribution in [0, 0.1) is 6.92 Å². The van der Waals surface area contributed by atoms with E-state index in [2.05, 4.69) is 51.4 Å². The molecule has 0 spiro atoms. The van der Waals surface area contributed by atoms with Crippen molar-refractivity contribution in [2.45, 2.75) is 45.8 Å². The second kappa shape index (κ2) is 6.54. The zero-order valence-electron chi connectivity index (χ0n) is 14.0. The average Bonchev–Trinajstić information content (AvgIpc) is 2.53. The summed E-state index contributed by atoms with van der Waals surface area (Å²) in [5.74, 6) is 1.51. The number of rotatable bonds is 4. The summed E-state index contributed by atoms with van der Waals surface area (Å²) in [6.07, 6.45) is 1.02. The Hall–Kier alpha value is -2.14. The van der Waals surface area contributed by atoms with Gasteiger partial charge in [-0.3, -0.25) is 0 Å². The van der Waals surface area contributed by atoms with E-state index in [0.717, 1.165) is 24.5 Å². The third kappa shape index (κ3) is 3.45. The van der Waals surface area contributed by atoms with Crippen LogP contribution >= 0.6 is 0 Å². The van der Waals surface area contributed by atoms with Gasteiger partial charge in [-0.1, -0.05) is 24.3 Å². The Morgan fingerprint density at radius 1 is 1.30 bits per heavy atom. The van der Waals surface area contributed by atoms with Crippen LogP contribution in [-0.4, -0.2) is 33.8 Å². The first kappa shape index (κ1) is 15.7. The van der Waals surface area contributed by atoms with Gasteiger partial charge in [0.05, 0.1) is 6.61 Å². The second-order valence-corrected chi connectivity index (χ2v) is 6.37. The van der Waals surface area contributed by atoms with E-state index in [0.29, 0.717) is 12.0 Å². The molecule has 0 aliphatic carbocycles. The predicted octanol–water partition coefficient (Wildman–Crippen LogP) is 2.53. The number of aliphatic hydroxyl groups excluding tert-OH is 1. The van der Waals surface area contributed by atoms with Crippen LogP contribution in [0.3, 0.4) is 0 Å². The van der Waals surface area contributed by atoms with Crippen LogP contribution in [-0.2, 0) is 13.0 Å². The highest BCUT2D eigenvalue weighted by Crippen LogP contribution is 2.28. The number of aromatic nitrogens is 2. The second-order valence-electron chi connectivity index (χ2n) is 6.37. The molecule has 0 saturated carbocycles. The van der Waals surface area contributed by atoms with Crippen LogP contribution in [0.2, 0.25) is 0 Å². The molecule has 5 nitrogen and oxygen atoms in total. The van der Waals surface area contributed by atoms with Crippen LogP contribution in [0.15, 0.2) is 30.3 Å². The van der Waals surface area contributed by atoms with Gasteiger partial charge in [0, 0.05) is 30.4 Å². The number of fused-ring (bicyclic) bond motifs is 1. The van der Waals surface area contributed by atoms with Gasteiger partial charge in [0.25, 0.3) is 0 Å². The molecule has 5 heteroatoms. The molecule has 1 aliphatic heterocycles. The maximum Gasteiger partial charge on any atom is 0.225 e. The predicted molar refractivity (Wildman–Crippen MR) is 92.7 cm³/mol. The van der Waals surface area contributed by atoms with Gasteiger partial charge in [0.15, 0.2) is 0 Å². The number of anilines is 2. The molecule has 0 amide bonds. The van der Waals surface area contributed by atoms with E-state index in [1.165, 1.54) is 11.1 Å². The van der Waals surface area contributed by atoms with Crippen molar-refractivity contribution in [3.63, 3.8) is 0 Å². The largest absolute Gasteiger partial charge is 0.394 e. The molecule has 1 aromatic carbocycles. The first-order valence-electron chi connectivity index (χ1n) is 8.13. The zero-order valence-corrected chi connectivity index (χ0v) is 14.0. The Morgan fingerprint density at radius 3 is 2.78 bits per heavy atom. The van der Waals surface area contributed by atoms with Crippen LogP contribution in [0.1, 0.15) is 30.7 Å². The van der Waals surface area contributed by atoms with Crippen molar-refractivity contribution in [2.75, 3.05) is 16.8 Å². The Balaban J connectivity index is 1.89. The fourth-order valence-electron chi connectivity index (χ4n) is 3.02. The number of hydrogen-bond acceptors (Lipinski definition) is 5. The minimum atomic E-state index is -0.0656. The van der Waals surface area contributed by atoms with Crippen LogP contribution < -0.4 is 10.2 Å². The number of nitrogens with zero attached hydrogens (tertiary/aromatic N) is 3. The maximum absolute atomic E-state index is 9.21. The number of aryl methyl sites for hydroxylation is 1. The van der Waals surface area contributed by atoms with Gasteiger partial charge in [0.1, 0.15) is 5.82 Å². The van der Waals surface area contributed by atoms with E-state index in [-0.39, 0.29) is 12.6 Å². The van der Waals surface area contributed by atoms with Crippen LogP contribution in [0.25, 0.3) is 0 Å². The van der Waals surface area contributed by atoms with E-state index in [1.807, 2.05) is 19.9 Å². The van der Waals surface area contributed by atoms with Crippen LogP contribution in [0.4, 0.5) is 11.8 Å². The molecule has 2 aromatic rings. The fraction of sp³-hybridized carbons (Fsp3) is 0.444. The van der Waals surface area contributed by atoms with Crippen molar-refractivity contribution in [3.8, 4) is 0 Å². The quantitative estimate of drug-likeness (QED) is 0.908. The maximum atomic E-state index is 9.21. The van der Waals surface area contributed by atoms with E-state index in [4.69, 9.17) is 0 Å². The summed E-state index contributed by atoms with van der Waals surface area (Å²) in [4.78, 5) is 11.4. The van der Waals surface area contributed by atoms with Gasteiger partial charge in [-0.25, -0.2) is 4.98 Å². The summed E-state index contributed by atoms with van der Waals surface area (Å²) in [6.45, 7) is 7.04. The highest BCUT2D eigenvalue weighted by molar-refractivity contribution is 5.49. The van der Waals surface area contributed by atoms with Gasteiger partial charge in [-0.05, 0) is 38.3 Å². The molecule has 0 radical (unpaired) electrons. The molecule has 0 unspecified atom stereocenters. The highest BCUT2D eigenvalue weighted by atomic mass is 16.3. The van der Waals surface area contributed by atoms with Crippen molar-refractivity contribution >= 4 is 11.8 Å². The lowest BCUT2D eigenvalue weighted by Crippen LogP contribution is -2.39. The molecule has 2 N–H and O–H groups in total. The molecule has 1 aromatic heterocycles. The highest BCUT2D eigenvalue weighted by Gasteiger charge is 2.24. The molecule has 1 aliphatic rings. The monoisotopic (exact) mass is 312 g/mol. The normalized spacial score (nSPS) is 18.4. The summed E-state index contributed by atoms with van der Waals surface area (Å²) in [6, 6.07) is 11.0. The van der Waals surface area contributed by atoms with E-state index < -0.39 is 0 Å². The zero-order chi connectivity index (χ0) is 16.4. The number of benzene rings is 1. The van der Waals surface area contributed by atoms with E-state index in [1.54, 1.807) is 0 Å². The number of hydrogen-bond donors (Lipinski definition) is 2. The molecule has 0 saturated heterocycles. The average molecular weight is 312 g/mol. The van der Waals surface area contributed by atoms with E-state index in [9.17, 15) is 5.11 Å². The lowest BCUT2D eigenvalue weighted by molar-refractivity contribution is 0.281. The van der Waals surface area contributed by atoms with Crippen molar-refractivity contribution in [1.82, 2.24) is 9.97 Å². The van der Waals surface area contributed by atoms with Gasteiger partial charge >= 0.3 is 0 Å². The first-order chi connectivity index (χ1) is 11.1. The SMILES string of the molecule is Cc1cc(N2Cc3ccccc3C[C@H]2C)nc(N[C@H](C)CO)n1. The number of nitrogens with one attached hydrogen (secondary N) is 1. The van der Waals surface area contributed by atoms with Crippen molar-refractivity contribution in [1.29, 1.82) is 0 Å². The lowest BCUT2D eigenvalue weighted by atomic mass is 9.95. The molecular formula is C18H24N4O. The molecule has 2 heterocycles. The Bertz CT molecular complexity index is 688. The topological polar surface area (TPSA) is 61.3 Å². The minimum Gasteiger partial charge on any atom is -0.394 e. The molecule has 2 atom stereocenters. The van der Waals surface area contributed by atoms with Crippen molar-refractivity contribution in [3.05, 3.63) is 47.2 Å². The molecule has 0 bridgehead atoms. The molecule has 0 fully saturated rings. The standard InChI is InChI=1S/C18H24N4O/c1-12-8-17(21-18(19-12)20-13(2)11-23)22-10-16-7-5-4-6-15(16)9-14(22)3/h4-8,13-14,23H,9-11H2,1-3H3,(H,19,20,21)/t13-,14-/m1/s1.